The maximum atomic E-state index is 12.5. The van der Waals surface area contributed by atoms with Crippen LogP contribution in [0, 0.1) is 0 Å². The van der Waals surface area contributed by atoms with Crippen molar-refractivity contribution in [1.29, 1.82) is 0 Å². The molecule has 0 spiro atoms. The first-order chi connectivity index (χ1) is 14.3. The van der Waals surface area contributed by atoms with Crippen molar-refractivity contribution in [3.8, 4) is 0 Å². The lowest BCUT2D eigenvalue weighted by molar-refractivity contribution is -0.113. The number of nitrogens with one attached hydrogen (secondary N) is 2. The van der Waals surface area contributed by atoms with E-state index in [1.807, 2.05) is 30.3 Å². The van der Waals surface area contributed by atoms with E-state index in [1.165, 1.54) is 17.8 Å². The predicted molar refractivity (Wildman–Crippen MR) is 119 cm³/mol. The summed E-state index contributed by atoms with van der Waals surface area (Å²) in [5.74, 6) is 0.303. The molecule has 0 saturated heterocycles. The van der Waals surface area contributed by atoms with Crippen LogP contribution >= 0.6 is 35.0 Å². The number of rotatable bonds is 7. The largest absolute Gasteiger partial charge is 0.342 e. The van der Waals surface area contributed by atoms with Crippen LogP contribution in [-0.2, 0) is 11.8 Å². The second-order valence-electron chi connectivity index (χ2n) is 6.43. The van der Waals surface area contributed by atoms with Gasteiger partial charge in [-0.25, -0.2) is 0 Å². The van der Waals surface area contributed by atoms with E-state index in [4.69, 9.17) is 23.2 Å². The van der Waals surface area contributed by atoms with Crippen molar-refractivity contribution in [3.63, 3.8) is 0 Å². The summed E-state index contributed by atoms with van der Waals surface area (Å²) in [5, 5.41) is 15.2. The number of thioether (sulfide) groups is 1. The summed E-state index contributed by atoms with van der Waals surface area (Å²) in [5.41, 5.74) is 1.13. The van der Waals surface area contributed by atoms with E-state index in [0.29, 0.717) is 26.6 Å². The van der Waals surface area contributed by atoms with Crippen molar-refractivity contribution in [1.82, 2.24) is 20.1 Å². The van der Waals surface area contributed by atoms with Gasteiger partial charge in [-0.3, -0.25) is 9.59 Å². The number of hydrogen-bond donors (Lipinski definition) is 2. The van der Waals surface area contributed by atoms with Crippen LogP contribution < -0.4 is 10.6 Å². The molecule has 0 fully saturated rings. The third kappa shape index (κ3) is 5.53. The van der Waals surface area contributed by atoms with E-state index in [2.05, 4.69) is 20.8 Å². The molecule has 2 N–H and O–H groups in total. The predicted octanol–water partition coefficient (Wildman–Crippen LogP) is 4.34. The van der Waals surface area contributed by atoms with Gasteiger partial charge in [-0.15, -0.1) is 10.2 Å². The number of carbonyl (C=O) groups excluding carboxylic acids is 2. The third-order valence-corrected chi connectivity index (χ3v) is 5.93. The molecule has 2 amide bonds. The molecule has 3 aromatic rings. The highest BCUT2D eigenvalue weighted by atomic mass is 35.5. The molecule has 2 aromatic carbocycles. The fourth-order valence-electron chi connectivity index (χ4n) is 2.66. The highest BCUT2D eigenvalue weighted by molar-refractivity contribution is 7.99. The van der Waals surface area contributed by atoms with Crippen LogP contribution in [0.15, 0.2) is 53.7 Å². The number of halogens is 2. The minimum Gasteiger partial charge on any atom is -0.342 e. The normalized spacial score (nSPS) is 11.7. The molecule has 0 aliphatic carbocycles. The Labute approximate surface area is 188 Å². The fourth-order valence-corrected chi connectivity index (χ4v) is 3.68. The lowest BCUT2D eigenvalue weighted by Crippen LogP contribution is -2.28. The zero-order valence-electron chi connectivity index (χ0n) is 16.2. The zero-order chi connectivity index (χ0) is 21.7. The van der Waals surface area contributed by atoms with Gasteiger partial charge in [-0.1, -0.05) is 53.2 Å². The van der Waals surface area contributed by atoms with Gasteiger partial charge in [0.25, 0.3) is 5.91 Å². The summed E-state index contributed by atoms with van der Waals surface area (Å²) < 4.78 is 1.75. The number of para-hydroxylation sites is 1. The van der Waals surface area contributed by atoms with Crippen LogP contribution in [0.4, 0.5) is 5.69 Å². The molecule has 3 rings (SSSR count). The van der Waals surface area contributed by atoms with Crippen LogP contribution in [0.2, 0.25) is 10.0 Å². The second-order valence-corrected chi connectivity index (χ2v) is 8.18. The van der Waals surface area contributed by atoms with Crippen molar-refractivity contribution < 1.29 is 9.59 Å². The Kier molecular flexibility index (Phi) is 7.36. The van der Waals surface area contributed by atoms with Crippen LogP contribution in [-0.4, -0.2) is 32.3 Å². The van der Waals surface area contributed by atoms with Gasteiger partial charge in [-0.05, 0) is 37.3 Å². The molecule has 0 radical (unpaired) electrons. The molecular formula is C20H19Cl2N5O2S. The molecular weight excluding hydrogens is 445 g/mol. The van der Waals surface area contributed by atoms with E-state index in [0.717, 1.165) is 5.69 Å². The number of benzene rings is 2. The van der Waals surface area contributed by atoms with E-state index < -0.39 is 6.04 Å². The van der Waals surface area contributed by atoms with E-state index >= 15 is 0 Å². The number of anilines is 1. The van der Waals surface area contributed by atoms with Crippen molar-refractivity contribution in [2.45, 2.75) is 18.1 Å². The van der Waals surface area contributed by atoms with Gasteiger partial charge in [0.1, 0.15) is 0 Å². The number of aromatic nitrogens is 3. The van der Waals surface area contributed by atoms with Crippen LogP contribution in [0.1, 0.15) is 29.1 Å². The molecule has 1 heterocycles. The summed E-state index contributed by atoms with van der Waals surface area (Å²) in [4.78, 5) is 24.6. The maximum absolute atomic E-state index is 12.5. The molecule has 10 heteroatoms. The Morgan fingerprint density at radius 2 is 1.83 bits per heavy atom. The van der Waals surface area contributed by atoms with Gasteiger partial charge in [0.15, 0.2) is 11.0 Å². The molecule has 30 heavy (non-hydrogen) atoms. The van der Waals surface area contributed by atoms with Gasteiger partial charge < -0.3 is 15.2 Å². The quantitative estimate of drug-likeness (QED) is 0.508. The van der Waals surface area contributed by atoms with Gasteiger partial charge in [-0.2, -0.15) is 0 Å². The summed E-state index contributed by atoms with van der Waals surface area (Å²) in [7, 11) is 1.79. The second kappa shape index (κ2) is 9.97. The molecule has 0 unspecified atom stereocenters. The average Bonchev–Trinajstić information content (AvgIpc) is 3.09. The SMILES string of the molecule is C[C@@H](NC(=O)c1ccc(Cl)c(Cl)c1)c1nnc(SCC(=O)Nc2ccccc2)n1C. The highest BCUT2D eigenvalue weighted by Gasteiger charge is 2.19. The summed E-state index contributed by atoms with van der Waals surface area (Å²) in [6, 6.07) is 13.5. The van der Waals surface area contributed by atoms with Gasteiger partial charge in [0.2, 0.25) is 5.91 Å². The number of hydrogen-bond acceptors (Lipinski definition) is 5. The Morgan fingerprint density at radius 3 is 2.53 bits per heavy atom. The summed E-state index contributed by atoms with van der Waals surface area (Å²) >= 11 is 13.1. The lowest BCUT2D eigenvalue weighted by Gasteiger charge is -2.14. The average molecular weight is 464 g/mol. The molecule has 0 aliphatic rings. The topological polar surface area (TPSA) is 88.9 Å². The molecule has 1 atom stereocenters. The highest BCUT2D eigenvalue weighted by Crippen LogP contribution is 2.23. The zero-order valence-corrected chi connectivity index (χ0v) is 18.6. The number of nitrogens with zero attached hydrogens (tertiary/aromatic N) is 3. The molecule has 0 bridgehead atoms. The maximum Gasteiger partial charge on any atom is 0.251 e. The van der Waals surface area contributed by atoms with Crippen LogP contribution in [0.25, 0.3) is 0 Å². The first-order valence-corrected chi connectivity index (χ1v) is 10.7. The first kappa shape index (κ1) is 22.1. The first-order valence-electron chi connectivity index (χ1n) is 8.98. The fraction of sp³-hybridized carbons (Fsp3) is 0.200. The van der Waals surface area contributed by atoms with Crippen molar-refractivity contribution in [3.05, 3.63) is 70.0 Å². The number of carbonyl (C=O) groups is 2. The minimum absolute atomic E-state index is 0.142. The van der Waals surface area contributed by atoms with E-state index in [1.54, 1.807) is 30.7 Å². The Balaban J connectivity index is 1.59. The van der Waals surface area contributed by atoms with Crippen LogP contribution in [0.5, 0.6) is 0 Å². The standard InChI is InChI=1S/C20H19Cl2N5O2S/c1-12(23-19(29)13-8-9-15(21)16(22)10-13)18-25-26-20(27(18)2)30-11-17(28)24-14-6-4-3-5-7-14/h3-10,12H,11H2,1-2H3,(H,23,29)(H,24,28)/t12-/m1/s1. The van der Waals surface area contributed by atoms with E-state index in [9.17, 15) is 9.59 Å². The molecule has 0 saturated carbocycles. The Bertz CT molecular complexity index is 1060. The Hall–Kier alpha value is -2.55. The smallest absolute Gasteiger partial charge is 0.251 e. The molecule has 7 nitrogen and oxygen atoms in total. The monoisotopic (exact) mass is 463 g/mol. The Morgan fingerprint density at radius 1 is 1.10 bits per heavy atom. The lowest BCUT2D eigenvalue weighted by atomic mass is 10.2. The van der Waals surface area contributed by atoms with Crippen molar-refractivity contribution in [2.75, 3.05) is 11.1 Å². The van der Waals surface area contributed by atoms with Gasteiger partial charge >= 0.3 is 0 Å². The third-order valence-electron chi connectivity index (χ3n) is 4.18. The minimum atomic E-state index is -0.406. The van der Waals surface area contributed by atoms with Crippen molar-refractivity contribution >= 4 is 52.5 Å². The van der Waals surface area contributed by atoms with Gasteiger partial charge in [0.05, 0.1) is 21.8 Å². The van der Waals surface area contributed by atoms with Gasteiger partial charge in [0, 0.05) is 18.3 Å². The van der Waals surface area contributed by atoms with E-state index in [-0.39, 0.29) is 17.6 Å². The summed E-state index contributed by atoms with van der Waals surface area (Å²) in [6.45, 7) is 1.80. The molecule has 0 aliphatic heterocycles. The molecule has 1 aromatic heterocycles. The molecule has 156 valence electrons. The van der Waals surface area contributed by atoms with Crippen LogP contribution in [0.3, 0.4) is 0 Å². The number of amides is 2. The summed E-state index contributed by atoms with van der Waals surface area (Å²) in [6.07, 6.45) is 0. The van der Waals surface area contributed by atoms with Crippen molar-refractivity contribution in [2.24, 2.45) is 7.05 Å².